The van der Waals surface area contributed by atoms with E-state index in [2.05, 4.69) is 17.2 Å². The minimum Gasteiger partial charge on any atom is -0.493 e. The minimum absolute atomic E-state index is 0.150. The summed E-state index contributed by atoms with van der Waals surface area (Å²) in [6, 6.07) is 7.57. The highest BCUT2D eigenvalue weighted by Crippen LogP contribution is 2.56. The molecule has 0 saturated carbocycles. The van der Waals surface area contributed by atoms with E-state index in [4.69, 9.17) is 28.4 Å². The molecule has 6 rings (SSSR count). The van der Waals surface area contributed by atoms with Gasteiger partial charge in [-0.3, -0.25) is 4.79 Å². The summed E-state index contributed by atoms with van der Waals surface area (Å²) in [7, 11) is 4.74. The van der Waals surface area contributed by atoms with Gasteiger partial charge in [-0.15, -0.1) is 5.10 Å². The maximum Gasteiger partial charge on any atom is 0.310 e. The van der Waals surface area contributed by atoms with Gasteiger partial charge in [0.15, 0.2) is 23.0 Å². The topological polar surface area (TPSA) is 103 Å². The van der Waals surface area contributed by atoms with Crippen molar-refractivity contribution in [1.29, 1.82) is 0 Å². The molecule has 4 atom stereocenters. The third kappa shape index (κ3) is 4.22. The summed E-state index contributed by atoms with van der Waals surface area (Å²) in [5.41, 5.74) is 3.75. The number of benzene rings is 2. The Kier molecular flexibility index (Phi) is 6.70. The quantitative estimate of drug-likeness (QED) is 0.293. The van der Waals surface area contributed by atoms with E-state index in [1.165, 1.54) is 0 Å². The van der Waals surface area contributed by atoms with Gasteiger partial charge in [-0.25, -0.2) is 4.68 Å². The van der Waals surface area contributed by atoms with Crippen LogP contribution >= 0.6 is 0 Å². The van der Waals surface area contributed by atoms with Crippen molar-refractivity contribution in [3.8, 4) is 28.7 Å². The number of esters is 1. The molecule has 0 N–H and O–H groups in total. The summed E-state index contributed by atoms with van der Waals surface area (Å²) < 4.78 is 36.0. The molecule has 1 fully saturated rings. The van der Waals surface area contributed by atoms with Crippen molar-refractivity contribution in [2.24, 2.45) is 11.8 Å². The Balaban J connectivity index is 1.52. The molecular weight excluding hydrogens is 502 g/mol. The number of ether oxygens (including phenoxy) is 6. The Morgan fingerprint density at radius 2 is 1.67 bits per heavy atom. The zero-order valence-corrected chi connectivity index (χ0v) is 22.6. The fourth-order valence-corrected chi connectivity index (χ4v) is 6.27. The van der Waals surface area contributed by atoms with Crippen LogP contribution in [0.3, 0.4) is 0 Å². The van der Waals surface area contributed by atoms with Crippen LogP contribution in [0.2, 0.25) is 0 Å². The fraction of sp³-hybridized carbons (Fsp3) is 0.483. The monoisotopic (exact) mass is 535 g/mol. The van der Waals surface area contributed by atoms with Crippen LogP contribution in [0.15, 0.2) is 30.5 Å². The molecule has 3 heterocycles. The maximum absolute atomic E-state index is 13.4. The SMILES string of the molecule is CCCCCc1cn([C@@H]2c3cc4c(cc3[C@@H](c3cc(OC)c(OC)c(OC)c3)[C@H]3C(=O)OC[C@@H]32)OCO4)nn1. The van der Waals surface area contributed by atoms with Crippen molar-refractivity contribution in [3.63, 3.8) is 0 Å². The van der Waals surface area contributed by atoms with Crippen molar-refractivity contribution in [1.82, 2.24) is 15.0 Å². The van der Waals surface area contributed by atoms with Crippen LogP contribution in [0, 0.1) is 11.8 Å². The number of carbonyl (C=O) groups excluding carboxylic acids is 1. The van der Waals surface area contributed by atoms with Gasteiger partial charge >= 0.3 is 5.97 Å². The van der Waals surface area contributed by atoms with Crippen molar-refractivity contribution < 1.29 is 33.2 Å². The van der Waals surface area contributed by atoms with Gasteiger partial charge in [0.05, 0.1) is 45.6 Å². The van der Waals surface area contributed by atoms with Crippen molar-refractivity contribution in [2.75, 3.05) is 34.7 Å². The highest BCUT2D eigenvalue weighted by atomic mass is 16.7. The lowest BCUT2D eigenvalue weighted by atomic mass is 9.65. The molecule has 1 aromatic heterocycles. The maximum atomic E-state index is 13.4. The van der Waals surface area contributed by atoms with Crippen LogP contribution in [0.4, 0.5) is 0 Å². The third-order valence-corrected chi connectivity index (χ3v) is 8.07. The Bertz CT molecular complexity index is 1360. The molecule has 2 aliphatic heterocycles. The molecule has 10 nitrogen and oxygen atoms in total. The summed E-state index contributed by atoms with van der Waals surface area (Å²) in [6.45, 7) is 2.62. The molecule has 1 aliphatic carbocycles. The summed E-state index contributed by atoms with van der Waals surface area (Å²) >= 11 is 0. The van der Waals surface area contributed by atoms with Crippen molar-refractivity contribution >= 4 is 5.97 Å². The molecule has 39 heavy (non-hydrogen) atoms. The van der Waals surface area contributed by atoms with Gasteiger partial charge in [0.1, 0.15) is 0 Å². The molecule has 1 saturated heterocycles. The summed E-state index contributed by atoms with van der Waals surface area (Å²) in [5.74, 6) is 1.65. The molecule has 0 amide bonds. The van der Waals surface area contributed by atoms with Gasteiger partial charge < -0.3 is 28.4 Å². The van der Waals surface area contributed by atoms with Crippen LogP contribution in [-0.2, 0) is 16.0 Å². The number of cyclic esters (lactones) is 1. The van der Waals surface area contributed by atoms with E-state index in [1.807, 2.05) is 35.1 Å². The molecular formula is C29H33N3O7. The van der Waals surface area contributed by atoms with E-state index in [0.717, 1.165) is 48.1 Å². The predicted molar refractivity (Wildman–Crippen MR) is 140 cm³/mol. The van der Waals surface area contributed by atoms with Gasteiger partial charge in [0, 0.05) is 18.0 Å². The molecule has 10 heteroatoms. The first kappa shape index (κ1) is 25.3. The molecule has 3 aromatic rings. The molecule has 3 aliphatic rings. The molecule has 0 unspecified atom stereocenters. The number of methoxy groups -OCH3 is 3. The van der Waals surface area contributed by atoms with Crippen LogP contribution in [0.5, 0.6) is 28.7 Å². The van der Waals surface area contributed by atoms with E-state index >= 15 is 0 Å². The Morgan fingerprint density at radius 3 is 2.33 bits per heavy atom. The molecule has 0 spiro atoms. The minimum atomic E-state index is -0.460. The second-order valence-corrected chi connectivity index (χ2v) is 10.2. The largest absolute Gasteiger partial charge is 0.493 e. The van der Waals surface area contributed by atoms with E-state index in [9.17, 15) is 4.79 Å². The molecule has 2 aromatic carbocycles. The van der Waals surface area contributed by atoms with E-state index in [0.29, 0.717) is 28.7 Å². The van der Waals surface area contributed by atoms with Crippen molar-refractivity contribution in [3.05, 3.63) is 52.8 Å². The molecule has 0 bridgehead atoms. The number of fused-ring (bicyclic) bond motifs is 3. The Hall–Kier alpha value is -3.95. The number of aromatic nitrogens is 3. The average Bonchev–Trinajstić information content (AvgIpc) is 3.70. The number of hydrogen-bond donors (Lipinski definition) is 0. The van der Waals surface area contributed by atoms with Crippen LogP contribution in [0.25, 0.3) is 0 Å². The summed E-state index contributed by atoms with van der Waals surface area (Å²) in [6.07, 6.45) is 6.22. The molecule has 206 valence electrons. The Morgan fingerprint density at radius 1 is 0.949 bits per heavy atom. The number of nitrogens with zero attached hydrogens (tertiary/aromatic N) is 3. The van der Waals surface area contributed by atoms with Crippen LogP contribution in [0.1, 0.15) is 60.5 Å². The highest BCUT2D eigenvalue weighted by molar-refractivity contribution is 5.79. The first-order valence-corrected chi connectivity index (χ1v) is 13.4. The smallest absolute Gasteiger partial charge is 0.310 e. The first-order chi connectivity index (χ1) is 19.1. The zero-order chi connectivity index (χ0) is 27.1. The number of aryl methyl sites for hydroxylation is 1. The van der Waals surface area contributed by atoms with Crippen LogP contribution < -0.4 is 23.7 Å². The normalized spacial score (nSPS) is 22.7. The first-order valence-electron chi connectivity index (χ1n) is 13.4. The van der Waals surface area contributed by atoms with E-state index < -0.39 is 5.92 Å². The lowest BCUT2D eigenvalue weighted by molar-refractivity contribution is -0.141. The average molecular weight is 536 g/mol. The number of unbranched alkanes of at least 4 members (excludes halogenated alkanes) is 2. The summed E-state index contributed by atoms with van der Waals surface area (Å²) in [4.78, 5) is 13.4. The van der Waals surface area contributed by atoms with Gasteiger partial charge in [-0.05, 0) is 53.8 Å². The lowest BCUT2D eigenvalue weighted by Gasteiger charge is -2.39. The van der Waals surface area contributed by atoms with Gasteiger partial charge in [0.25, 0.3) is 0 Å². The number of carbonyl (C=O) groups is 1. The predicted octanol–water partition coefficient (Wildman–Crippen LogP) is 4.29. The second-order valence-electron chi connectivity index (χ2n) is 10.2. The van der Waals surface area contributed by atoms with Crippen LogP contribution in [-0.4, -0.2) is 55.7 Å². The second kappa shape index (κ2) is 10.3. The van der Waals surface area contributed by atoms with Crippen molar-refractivity contribution in [2.45, 2.75) is 44.6 Å². The van der Waals surface area contributed by atoms with Gasteiger partial charge in [-0.1, -0.05) is 25.0 Å². The van der Waals surface area contributed by atoms with E-state index in [-0.39, 0.29) is 37.2 Å². The fourth-order valence-electron chi connectivity index (χ4n) is 6.27. The molecule has 0 radical (unpaired) electrons. The van der Waals surface area contributed by atoms with Gasteiger partial charge in [-0.2, -0.15) is 0 Å². The van der Waals surface area contributed by atoms with Gasteiger partial charge in [0.2, 0.25) is 12.5 Å². The summed E-state index contributed by atoms with van der Waals surface area (Å²) in [5, 5.41) is 9.01. The highest BCUT2D eigenvalue weighted by Gasteiger charge is 2.53. The zero-order valence-electron chi connectivity index (χ0n) is 22.6. The van der Waals surface area contributed by atoms with E-state index in [1.54, 1.807) is 21.3 Å². The number of hydrogen-bond acceptors (Lipinski definition) is 9. The lowest BCUT2D eigenvalue weighted by Crippen LogP contribution is -2.37. The standard InChI is InChI=1S/C29H33N3O7/c1-5-6-7-8-17-13-32(31-30-17)27-19-12-22-21(38-15-39-22)11-18(19)25(26-20(27)14-37-29(26)33)16-9-23(34-2)28(36-4)24(10-16)35-3/h9-13,20,25-27H,5-8,14-15H2,1-4H3/t20-,25+,26-,27+/m0/s1. The Labute approximate surface area is 227 Å². The third-order valence-electron chi connectivity index (χ3n) is 8.07. The number of rotatable bonds is 9.